The molecule has 2 saturated carbocycles. The highest BCUT2D eigenvalue weighted by Gasteiger charge is 2.64. The van der Waals surface area contributed by atoms with E-state index in [1.54, 1.807) is 0 Å². The highest BCUT2D eigenvalue weighted by molar-refractivity contribution is 5.39. The first-order valence-electron chi connectivity index (χ1n) is 8.35. The first kappa shape index (κ1) is 17.7. The van der Waals surface area contributed by atoms with Gasteiger partial charge in [0.15, 0.2) is 0 Å². The van der Waals surface area contributed by atoms with Crippen LogP contribution < -0.4 is 0 Å². The average molecular weight is 312 g/mol. The predicted octanol–water partition coefficient (Wildman–Crippen LogP) is 3.05. The highest BCUT2D eigenvalue weighted by atomic mass is 16.5. The van der Waals surface area contributed by atoms with Crippen LogP contribution in [0.5, 0.6) is 0 Å². The van der Waals surface area contributed by atoms with Crippen molar-refractivity contribution in [2.75, 3.05) is 0 Å². The first-order valence-corrected chi connectivity index (χ1v) is 8.35. The Bertz CT molecular complexity index is 443. The molecule has 2 aliphatic carbocycles. The van der Waals surface area contributed by atoms with Gasteiger partial charge in [0.25, 0.3) is 6.47 Å². The normalized spacial score (nSPS) is 42.8. The molecule has 2 bridgehead atoms. The molecule has 0 heterocycles. The van der Waals surface area contributed by atoms with Crippen LogP contribution in [-0.4, -0.2) is 33.5 Å². The van der Waals surface area contributed by atoms with Gasteiger partial charge in [-0.05, 0) is 65.7 Å². The number of carbonyl (C=O) groups excluding carboxylic acids is 1. The largest absolute Gasteiger partial charge is 0.461 e. The van der Waals surface area contributed by atoms with E-state index >= 15 is 0 Å². The van der Waals surface area contributed by atoms with Gasteiger partial charge in [-0.25, -0.2) is 0 Å². The van der Waals surface area contributed by atoms with Crippen molar-refractivity contribution >= 4 is 6.47 Å². The molecule has 4 nitrogen and oxygen atoms in total. The Morgan fingerprint density at radius 2 is 1.64 bits per heavy atom. The van der Waals surface area contributed by atoms with Crippen molar-refractivity contribution in [3.05, 3.63) is 0 Å². The number of hydrogen-bond acceptors (Lipinski definition) is 4. The van der Waals surface area contributed by atoms with Crippen LogP contribution in [0.25, 0.3) is 0 Å². The summed E-state index contributed by atoms with van der Waals surface area (Å²) in [6.07, 6.45) is 3.76. The third kappa shape index (κ3) is 2.69. The molecule has 0 spiro atoms. The van der Waals surface area contributed by atoms with Crippen molar-refractivity contribution in [1.82, 2.24) is 0 Å². The van der Waals surface area contributed by atoms with Crippen molar-refractivity contribution < 1.29 is 19.7 Å². The fourth-order valence-electron chi connectivity index (χ4n) is 5.27. The molecule has 128 valence electrons. The zero-order valence-corrected chi connectivity index (χ0v) is 14.9. The molecule has 2 rings (SSSR count). The minimum atomic E-state index is -0.901. The molecule has 4 heteroatoms. The summed E-state index contributed by atoms with van der Waals surface area (Å²) in [5, 5.41) is 21.7. The summed E-state index contributed by atoms with van der Waals surface area (Å²) in [4.78, 5) is 11.1. The van der Waals surface area contributed by atoms with Gasteiger partial charge in [0.05, 0.1) is 11.2 Å². The van der Waals surface area contributed by atoms with Crippen LogP contribution in [0, 0.1) is 16.7 Å². The summed E-state index contributed by atoms with van der Waals surface area (Å²) >= 11 is 0. The Morgan fingerprint density at radius 1 is 1.05 bits per heavy atom. The molecule has 22 heavy (non-hydrogen) atoms. The van der Waals surface area contributed by atoms with E-state index in [0.29, 0.717) is 25.2 Å². The van der Waals surface area contributed by atoms with E-state index < -0.39 is 22.2 Å². The summed E-state index contributed by atoms with van der Waals surface area (Å²) in [5.74, 6) is 0.381. The average Bonchev–Trinajstić information content (AvgIpc) is 2.23. The van der Waals surface area contributed by atoms with Crippen molar-refractivity contribution in [2.45, 2.75) is 90.4 Å². The van der Waals surface area contributed by atoms with Crippen LogP contribution in [0.2, 0.25) is 0 Å². The molecule has 4 unspecified atom stereocenters. The van der Waals surface area contributed by atoms with Crippen LogP contribution in [-0.2, 0) is 9.53 Å². The van der Waals surface area contributed by atoms with Gasteiger partial charge in [0.2, 0.25) is 0 Å². The molecule has 0 aromatic heterocycles. The zero-order chi connectivity index (χ0) is 17.0. The lowest BCUT2D eigenvalue weighted by molar-refractivity contribution is -0.241. The van der Waals surface area contributed by atoms with Gasteiger partial charge in [-0.1, -0.05) is 13.8 Å². The third-order valence-corrected chi connectivity index (χ3v) is 6.63. The van der Waals surface area contributed by atoms with Crippen molar-refractivity contribution in [2.24, 2.45) is 16.7 Å². The molecule has 2 N–H and O–H groups in total. The maximum absolute atomic E-state index is 11.1. The Kier molecular flexibility index (Phi) is 3.98. The highest BCUT2D eigenvalue weighted by Crippen LogP contribution is 2.65. The Morgan fingerprint density at radius 3 is 2.09 bits per heavy atom. The van der Waals surface area contributed by atoms with Crippen molar-refractivity contribution in [3.63, 3.8) is 0 Å². The minimum absolute atomic E-state index is 0.347. The zero-order valence-electron chi connectivity index (χ0n) is 14.9. The van der Waals surface area contributed by atoms with Gasteiger partial charge in [-0.2, -0.15) is 0 Å². The second kappa shape index (κ2) is 4.94. The van der Waals surface area contributed by atoms with Crippen LogP contribution in [0.3, 0.4) is 0 Å². The van der Waals surface area contributed by atoms with E-state index in [2.05, 4.69) is 13.8 Å². The summed E-state index contributed by atoms with van der Waals surface area (Å²) in [7, 11) is 0. The van der Waals surface area contributed by atoms with Gasteiger partial charge in [-0.15, -0.1) is 0 Å². The van der Waals surface area contributed by atoms with E-state index in [1.807, 2.05) is 27.7 Å². The van der Waals surface area contributed by atoms with Crippen LogP contribution in [0.1, 0.15) is 73.6 Å². The number of carbonyl (C=O) groups is 1. The SMILES string of the molecule is CC1CC2(OC=O)CC(C)(C(C)(C)O)CC(C(C)(C)O)(C1)C2. The molecule has 0 aliphatic heterocycles. The summed E-state index contributed by atoms with van der Waals surface area (Å²) in [5.41, 5.74) is -3.12. The van der Waals surface area contributed by atoms with Crippen LogP contribution in [0.4, 0.5) is 0 Å². The maximum atomic E-state index is 11.1. The lowest BCUT2D eigenvalue weighted by atomic mass is 9.44. The number of rotatable bonds is 4. The smallest absolute Gasteiger partial charge is 0.293 e. The topological polar surface area (TPSA) is 66.8 Å². The monoisotopic (exact) mass is 312 g/mol. The second-order valence-corrected chi connectivity index (χ2v) is 9.40. The van der Waals surface area contributed by atoms with E-state index in [1.165, 1.54) is 0 Å². The summed E-state index contributed by atoms with van der Waals surface area (Å²) in [6, 6.07) is 0. The standard InChI is InChI=1S/C18H32O4/c1-13-7-17(15(4,5)21)9-16(6,14(2,3)20)10-18(8-13,11-17)22-12-19/h12-13,20-21H,7-11H2,1-6H3. The molecular weight excluding hydrogens is 280 g/mol. The fourth-order valence-corrected chi connectivity index (χ4v) is 5.27. The lowest BCUT2D eigenvalue weighted by Crippen LogP contribution is -2.64. The van der Waals surface area contributed by atoms with E-state index in [0.717, 1.165) is 19.3 Å². The van der Waals surface area contributed by atoms with Crippen LogP contribution >= 0.6 is 0 Å². The van der Waals surface area contributed by atoms with Gasteiger partial charge in [0.1, 0.15) is 5.60 Å². The number of aliphatic hydroxyl groups is 2. The molecular formula is C18H32O4. The maximum Gasteiger partial charge on any atom is 0.293 e. The molecule has 0 radical (unpaired) electrons. The molecule has 0 aromatic carbocycles. The first-order chi connectivity index (χ1) is 9.78. The molecule has 0 saturated heterocycles. The lowest BCUT2D eigenvalue weighted by Gasteiger charge is -2.64. The summed E-state index contributed by atoms with van der Waals surface area (Å²) < 4.78 is 5.62. The third-order valence-electron chi connectivity index (χ3n) is 6.63. The molecule has 4 atom stereocenters. The number of fused-ring (bicyclic) bond motifs is 2. The number of hydrogen-bond donors (Lipinski definition) is 2. The van der Waals surface area contributed by atoms with E-state index in [4.69, 9.17) is 4.74 Å². The number of ether oxygens (including phenoxy) is 1. The van der Waals surface area contributed by atoms with E-state index in [9.17, 15) is 15.0 Å². The Hall–Kier alpha value is -0.610. The predicted molar refractivity (Wildman–Crippen MR) is 85.3 cm³/mol. The van der Waals surface area contributed by atoms with Gasteiger partial charge in [0, 0.05) is 10.8 Å². The van der Waals surface area contributed by atoms with Gasteiger partial charge < -0.3 is 14.9 Å². The molecule has 2 fully saturated rings. The Labute approximate surface area is 134 Å². The van der Waals surface area contributed by atoms with Gasteiger partial charge in [-0.3, -0.25) is 4.79 Å². The van der Waals surface area contributed by atoms with Crippen molar-refractivity contribution in [1.29, 1.82) is 0 Å². The fraction of sp³-hybridized carbons (Fsp3) is 0.944. The van der Waals surface area contributed by atoms with Crippen molar-refractivity contribution in [3.8, 4) is 0 Å². The summed E-state index contributed by atoms with van der Waals surface area (Å²) in [6.45, 7) is 12.1. The second-order valence-electron chi connectivity index (χ2n) is 9.40. The van der Waals surface area contributed by atoms with Gasteiger partial charge >= 0.3 is 0 Å². The quantitative estimate of drug-likeness (QED) is 0.783. The molecule has 0 amide bonds. The Balaban J connectivity index is 2.56. The van der Waals surface area contributed by atoms with Crippen LogP contribution in [0.15, 0.2) is 0 Å². The molecule has 0 aromatic rings. The molecule has 2 aliphatic rings. The van der Waals surface area contributed by atoms with E-state index in [-0.39, 0.29) is 5.41 Å². The minimum Gasteiger partial charge on any atom is -0.461 e.